The third-order valence-electron chi connectivity index (χ3n) is 5.23. The lowest BCUT2D eigenvalue weighted by molar-refractivity contribution is 0.0746. The minimum atomic E-state index is 0.104. The number of aryl methyl sites for hydroxylation is 1. The number of aromatic nitrogens is 1. The van der Waals surface area contributed by atoms with Gasteiger partial charge >= 0.3 is 0 Å². The van der Waals surface area contributed by atoms with E-state index in [9.17, 15) is 4.79 Å². The topological polar surface area (TPSA) is 45.7 Å². The number of hydrogen-bond donors (Lipinski definition) is 0. The van der Waals surface area contributed by atoms with E-state index in [1.54, 1.807) is 23.1 Å². The Hall–Kier alpha value is -2.51. The Kier molecular flexibility index (Phi) is 7.14. The first kappa shape index (κ1) is 21.7. The third kappa shape index (κ3) is 5.40. The molecule has 1 amide bonds. The largest absolute Gasteiger partial charge is 0.492 e. The van der Waals surface area contributed by atoms with Gasteiger partial charge in [-0.1, -0.05) is 36.0 Å². The van der Waals surface area contributed by atoms with Crippen LogP contribution in [0.2, 0.25) is 0 Å². The summed E-state index contributed by atoms with van der Waals surface area (Å²) >= 11 is 3.41. The van der Waals surface area contributed by atoms with E-state index in [0.29, 0.717) is 19.7 Å². The molecule has 4 rings (SSSR count). The minimum absolute atomic E-state index is 0.104. The molecule has 0 spiro atoms. The molecule has 3 aromatic rings. The number of carbonyl (C=O) groups is 1. The van der Waals surface area contributed by atoms with Gasteiger partial charge in [0.25, 0.3) is 5.91 Å². The molecule has 0 bridgehead atoms. The van der Waals surface area contributed by atoms with Gasteiger partial charge in [-0.2, -0.15) is 0 Å². The number of ether oxygens (including phenoxy) is 1. The maximum Gasteiger partial charge on any atom is 0.253 e. The maximum atomic E-state index is 13.0. The van der Waals surface area contributed by atoms with Crippen LogP contribution in [0.25, 0.3) is 0 Å². The number of amides is 1. The van der Waals surface area contributed by atoms with Gasteiger partial charge in [-0.25, -0.2) is 4.98 Å². The zero-order valence-corrected chi connectivity index (χ0v) is 19.5. The molecule has 0 atom stereocenters. The molecular weight excluding hydrogens is 426 g/mol. The highest BCUT2D eigenvalue weighted by molar-refractivity contribution is 8.00. The van der Waals surface area contributed by atoms with Crippen molar-refractivity contribution in [2.24, 2.45) is 0 Å². The molecule has 1 aliphatic heterocycles. The van der Waals surface area contributed by atoms with Crippen LogP contribution < -0.4 is 9.64 Å². The van der Waals surface area contributed by atoms with E-state index in [1.807, 2.05) is 49.1 Å². The number of carbonyl (C=O) groups excluding carboxylic acids is 1. The first-order chi connectivity index (χ1) is 15.1. The second-order valence-corrected chi connectivity index (χ2v) is 9.50. The normalized spacial score (nSPS) is 14.0. The minimum Gasteiger partial charge on any atom is -0.492 e. The fraction of sp³-hybridized carbons (Fsp3) is 0.333. The molecule has 1 aromatic heterocycles. The third-order valence-corrected chi connectivity index (χ3v) is 7.44. The Morgan fingerprint density at radius 3 is 2.52 bits per heavy atom. The van der Waals surface area contributed by atoms with Gasteiger partial charge < -0.3 is 14.5 Å². The molecule has 1 fully saturated rings. The van der Waals surface area contributed by atoms with Crippen LogP contribution in [0, 0.1) is 6.92 Å². The lowest BCUT2D eigenvalue weighted by atomic mass is 10.1. The molecule has 0 unspecified atom stereocenters. The Labute approximate surface area is 192 Å². The van der Waals surface area contributed by atoms with Crippen molar-refractivity contribution in [3.8, 4) is 5.75 Å². The van der Waals surface area contributed by atoms with Crippen molar-refractivity contribution in [3.63, 3.8) is 0 Å². The number of thiazole rings is 1. The van der Waals surface area contributed by atoms with Crippen LogP contribution >= 0.6 is 23.1 Å². The summed E-state index contributed by atoms with van der Waals surface area (Å²) in [5.74, 6) is 1.87. The predicted octanol–water partition coefficient (Wildman–Crippen LogP) is 5.10. The van der Waals surface area contributed by atoms with E-state index in [4.69, 9.17) is 4.74 Å². The first-order valence-corrected chi connectivity index (χ1v) is 12.4. The Morgan fingerprint density at radius 1 is 1.10 bits per heavy atom. The van der Waals surface area contributed by atoms with E-state index in [1.165, 1.54) is 5.56 Å². The van der Waals surface area contributed by atoms with Gasteiger partial charge in [0.15, 0.2) is 0 Å². The van der Waals surface area contributed by atoms with Crippen molar-refractivity contribution in [1.82, 2.24) is 9.88 Å². The van der Waals surface area contributed by atoms with Gasteiger partial charge in [-0.05, 0) is 43.7 Å². The summed E-state index contributed by atoms with van der Waals surface area (Å²) in [5, 5.41) is 2.07. The molecule has 0 N–H and O–H groups in total. The van der Waals surface area contributed by atoms with E-state index in [2.05, 4.69) is 33.5 Å². The van der Waals surface area contributed by atoms with Gasteiger partial charge in [0.05, 0.1) is 12.3 Å². The van der Waals surface area contributed by atoms with Crippen LogP contribution in [-0.2, 0) is 5.75 Å². The Morgan fingerprint density at radius 2 is 1.84 bits per heavy atom. The molecule has 0 saturated carbocycles. The van der Waals surface area contributed by atoms with E-state index in [0.717, 1.165) is 45.9 Å². The molecule has 1 saturated heterocycles. The van der Waals surface area contributed by atoms with Crippen LogP contribution in [0.5, 0.6) is 5.75 Å². The average Bonchev–Trinajstić information content (AvgIpc) is 3.23. The number of thioether (sulfide) groups is 1. The highest BCUT2D eigenvalue weighted by Crippen LogP contribution is 2.29. The Bertz CT molecular complexity index is 1010. The van der Waals surface area contributed by atoms with Crippen LogP contribution in [-0.4, -0.2) is 48.6 Å². The van der Waals surface area contributed by atoms with Crippen LogP contribution in [0.15, 0.2) is 58.3 Å². The second kappa shape index (κ2) is 10.2. The SMILES string of the molecule is CCOc1ccccc1N1CCN(C(=O)c2ccc(CSc3nc(C)cs3)cc2)CC1. The van der Waals surface area contributed by atoms with E-state index >= 15 is 0 Å². The molecule has 31 heavy (non-hydrogen) atoms. The molecule has 162 valence electrons. The number of benzene rings is 2. The summed E-state index contributed by atoms with van der Waals surface area (Å²) < 4.78 is 6.85. The van der Waals surface area contributed by atoms with Crippen LogP contribution in [0.3, 0.4) is 0 Å². The van der Waals surface area contributed by atoms with Gasteiger partial charge in [0.1, 0.15) is 10.1 Å². The first-order valence-electron chi connectivity index (χ1n) is 10.5. The quantitative estimate of drug-likeness (QED) is 0.466. The van der Waals surface area contributed by atoms with Crippen molar-refractivity contribution >= 4 is 34.7 Å². The molecule has 0 radical (unpaired) electrons. The van der Waals surface area contributed by atoms with Gasteiger partial charge in [-0.3, -0.25) is 4.79 Å². The molecule has 0 aliphatic carbocycles. The summed E-state index contributed by atoms with van der Waals surface area (Å²) in [6.45, 7) is 7.68. The van der Waals surface area contributed by atoms with Gasteiger partial charge in [0, 0.05) is 48.6 Å². The van der Waals surface area contributed by atoms with Crippen molar-refractivity contribution in [2.45, 2.75) is 23.9 Å². The summed E-state index contributed by atoms with van der Waals surface area (Å²) in [4.78, 5) is 21.7. The zero-order valence-electron chi connectivity index (χ0n) is 17.9. The zero-order chi connectivity index (χ0) is 21.6. The van der Waals surface area contributed by atoms with Crippen molar-refractivity contribution in [1.29, 1.82) is 0 Å². The molecule has 2 aromatic carbocycles. The van der Waals surface area contributed by atoms with E-state index in [-0.39, 0.29) is 5.91 Å². The van der Waals surface area contributed by atoms with Crippen molar-refractivity contribution in [2.75, 3.05) is 37.7 Å². The molecule has 2 heterocycles. The molecule has 5 nitrogen and oxygen atoms in total. The number of para-hydroxylation sites is 2. The lowest BCUT2D eigenvalue weighted by Gasteiger charge is -2.36. The van der Waals surface area contributed by atoms with Crippen molar-refractivity contribution in [3.05, 3.63) is 70.7 Å². The lowest BCUT2D eigenvalue weighted by Crippen LogP contribution is -2.48. The van der Waals surface area contributed by atoms with E-state index < -0.39 is 0 Å². The monoisotopic (exact) mass is 453 g/mol. The van der Waals surface area contributed by atoms with Crippen LogP contribution in [0.1, 0.15) is 28.5 Å². The summed E-state index contributed by atoms with van der Waals surface area (Å²) in [6, 6.07) is 16.1. The predicted molar refractivity (Wildman–Crippen MR) is 129 cm³/mol. The molecule has 1 aliphatic rings. The number of anilines is 1. The number of nitrogens with zero attached hydrogens (tertiary/aromatic N) is 3. The highest BCUT2D eigenvalue weighted by atomic mass is 32.2. The second-order valence-electron chi connectivity index (χ2n) is 7.42. The Balaban J connectivity index is 1.32. The number of hydrogen-bond acceptors (Lipinski definition) is 6. The fourth-order valence-corrected chi connectivity index (χ4v) is 5.42. The maximum absolute atomic E-state index is 13.0. The fourth-order valence-electron chi connectivity index (χ4n) is 3.62. The molecular formula is C24H27N3O2S2. The summed E-state index contributed by atoms with van der Waals surface area (Å²) in [7, 11) is 0. The summed E-state index contributed by atoms with van der Waals surface area (Å²) in [5.41, 5.74) is 4.12. The number of rotatable bonds is 7. The smallest absolute Gasteiger partial charge is 0.253 e. The molecule has 7 heteroatoms. The average molecular weight is 454 g/mol. The van der Waals surface area contributed by atoms with Gasteiger partial charge in [-0.15, -0.1) is 11.3 Å². The number of piperazine rings is 1. The standard InChI is InChI=1S/C24H27N3O2S2/c1-3-29-22-7-5-4-6-21(22)26-12-14-27(15-13-26)23(28)20-10-8-19(9-11-20)17-31-24-25-18(2)16-30-24/h4-11,16H,3,12-15,17H2,1-2H3. The van der Waals surface area contributed by atoms with Crippen molar-refractivity contribution < 1.29 is 9.53 Å². The summed E-state index contributed by atoms with van der Waals surface area (Å²) in [6.07, 6.45) is 0. The van der Waals surface area contributed by atoms with Gasteiger partial charge in [0.2, 0.25) is 0 Å². The highest BCUT2D eigenvalue weighted by Gasteiger charge is 2.23. The van der Waals surface area contributed by atoms with Crippen LogP contribution in [0.4, 0.5) is 5.69 Å².